The zero-order valence-corrected chi connectivity index (χ0v) is 8.45. The maximum atomic E-state index is 11.2. The smallest absolute Gasteiger partial charge is 0.308 e. The first-order valence-electron chi connectivity index (χ1n) is 5.16. The van der Waals surface area contributed by atoms with Crippen LogP contribution in [0.3, 0.4) is 0 Å². The Labute approximate surface area is 83.6 Å². The third-order valence-corrected chi connectivity index (χ3v) is 3.71. The normalized spacial score (nSPS) is 41.0. The molecule has 0 aromatic rings. The van der Waals surface area contributed by atoms with E-state index < -0.39 is 5.60 Å². The van der Waals surface area contributed by atoms with E-state index in [1.165, 1.54) is 7.11 Å². The van der Waals surface area contributed by atoms with Crippen LogP contribution in [-0.2, 0) is 9.53 Å². The van der Waals surface area contributed by atoms with Crippen molar-refractivity contribution in [3.8, 4) is 0 Å². The zero-order valence-electron chi connectivity index (χ0n) is 8.45. The van der Waals surface area contributed by atoms with Gasteiger partial charge in [0.05, 0.1) is 19.1 Å². The first kappa shape index (κ1) is 9.93. The van der Waals surface area contributed by atoms with Gasteiger partial charge in [0, 0.05) is 24.9 Å². The molecule has 0 aromatic carbocycles. The lowest BCUT2D eigenvalue weighted by atomic mass is 9.79. The number of rotatable bonds is 2. The third kappa shape index (κ3) is 1.42. The summed E-state index contributed by atoms with van der Waals surface area (Å²) in [5.74, 6) is 0.145. The number of aliphatic hydroxyl groups is 1. The van der Waals surface area contributed by atoms with Gasteiger partial charge in [-0.15, -0.1) is 0 Å². The first-order valence-corrected chi connectivity index (χ1v) is 5.16. The summed E-state index contributed by atoms with van der Waals surface area (Å²) in [5, 5.41) is 13.7. The molecule has 14 heavy (non-hydrogen) atoms. The number of fused-ring (bicyclic) bond motifs is 2. The second-order valence-electron chi connectivity index (χ2n) is 4.37. The Morgan fingerprint density at radius 3 is 2.57 bits per heavy atom. The van der Waals surface area contributed by atoms with Gasteiger partial charge in [-0.1, -0.05) is 0 Å². The monoisotopic (exact) mass is 199 g/mol. The molecule has 2 fully saturated rings. The molecule has 1 aliphatic carbocycles. The molecule has 80 valence electrons. The van der Waals surface area contributed by atoms with Crippen molar-refractivity contribution in [2.75, 3.05) is 20.2 Å². The molecule has 0 radical (unpaired) electrons. The lowest BCUT2D eigenvalue weighted by Crippen LogP contribution is -2.53. The van der Waals surface area contributed by atoms with Crippen LogP contribution in [0, 0.1) is 11.8 Å². The number of esters is 1. The Balaban J connectivity index is 2.10. The van der Waals surface area contributed by atoms with Gasteiger partial charge in [0.2, 0.25) is 0 Å². The molecule has 1 saturated carbocycles. The molecule has 0 amide bonds. The molecule has 1 aliphatic heterocycles. The van der Waals surface area contributed by atoms with Crippen LogP contribution < -0.4 is 5.32 Å². The molecule has 1 heterocycles. The van der Waals surface area contributed by atoms with Crippen molar-refractivity contribution >= 4 is 5.97 Å². The van der Waals surface area contributed by atoms with Gasteiger partial charge in [0.15, 0.2) is 0 Å². The SMILES string of the molecule is COC(=O)CC1(O)C2CCC1CNC2. The lowest BCUT2D eigenvalue weighted by Gasteiger charge is -2.39. The van der Waals surface area contributed by atoms with Crippen LogP contribution in [0.25, 0.3) is 0 Å². The van der Waals surface area contributed by atoms with Crippen molar-refractivity contribution in [1.82, 2.24) is 5.32 Å². The summed E-state index contributed by atoms with van der Waals surface area (Å²) in [4.78, 5) is 11.2. The van der Waals surface area contributed by atoms with Crippen LogP contribution in [0.1, 0.15) is 19.3 Å². The minimum atomic E-state index is -0.807. The zero-order chi connectivity index (χ0) is 10.2. The summed E-state index contributed by atoms with van der Waals surface area (Å²) in [5.41, 5.74) is -0.807. The van der Waals surface area contributed by atoms with Crippen LogP contribution in [-0.4, -0.2) is 36.9 Å². The van der Waals surface area contributed by atoms with Crippen molar-refractivity contribution in [3.63, 3.8) is 0 Å². The number of hydrogen-bond donors (Lipinski definition) is 2. The molecule has 2 aliphatic rings. The number of methoxy groups -OCH3 is 1. The predicted molar refractivity (Wildman–Crippen MR) is 50.7 cm³/mol. The van der Waals surface area contributed by atoms with E-state index in [0.717, 1.165) is 25.9 Å². The van der Waals surface area contributed by atoms with E-state index in [1.54, 1.807) is 0 Å². The topological polar surface area (TPSA) is 58.6 Å². The van der Waals surface area contributed by atoms with Crippen molar-refractivity contribution in [1.29, 1.82) is 0 Å². The Hall–Kier alpha value is -0.610. The van der Waals surface area contributed by atoms with E-state index in [4.69, 9.17) is 0 Å². The Morgan fingerprint density at radius 2 is 2.07 bits per heavy atom. The average Bonchev–Trinajstić information content (AvgIpc) is 2.42. The molecule has 0 spiro atoms. The largest absolute Gasteiger partial charge is 0.469 e. The second kappa shape index (κ2) is 3.51. The van der Waals surface area contributed by atoms with E-state index in [2.05, 4.69) is 10.1 Å². The summed E-state index contributed by atoms with van der Waals surface area (Å²) in [7, 11) is 1.37. The van der Waals surface area contributed by atoms with E-state index in [0.29, 0.717) is 0 Å². The summed E-state index contributed by atoms with van der Waals surface area (Å²) >= 11 is 0. The minimum Gasteiger partial charge on any atom is -0.469 e. The maximum Gasteiger partial charge on any atom is 0.308 e. The molecule has 4 nitrogen and oxygen atoms in total. The summed E-state index contributed by atoms with van der Waals surface area (Å²) in [6.07, 6.45) is 2.19. The number of hydrogen-bond acceptors (Lipinski definition) is 4. The van der Waals surface area contributed by atoms with Gasteiger partial charge in [0.1, 0.15) is 0 Å². The van der Waals surface area contributed by atoms with E-state index in [-0.39, 0.29) is 24.2 Å². The van der Waals surface area contributed by atoms with E-state index in [9.17, 15) is 9.90 Å². The fourth-order valence-corrected chi connectivity index (χ4v) is 2.82. The highest BCUT2D eigenvalue weighted by Crippen LogP contribution is 2.44. The highest BCUT2D eigenvalue weighted by molar-refractivity contribution is 5.70. The molecule has 2 N–H and O–H groups in total. The summed E-state index contributed by atoms with van der Waals surface area (Å²) < 4.78 is 4.62. The van der Waals surface area contributed by atoms with Crippen LogP contribution in [0.5, 0.6) is 0 Å². The molecule has 1 saturated heterocycles. The highest BCUT2D eigenvalue weighted by Gasteiger charge is 2.51. The summed E-state index contributed by atoms with van der Waals surface area (Å²) in [6, 6.07) is 0. The van der Waals surface area contributed by atoms with Crippen LogP contribution in [0.2, 0.25) is 0 Å². The lowest BCUT2D eigenvalue weighted by molar-refractivity contribution is -0.151. The molecule has 2 bridgehead atoms. The molecular formula is C10H17NO3. The molecule has 2 atom stereocenters. The number of carbonyl (C=O) groups is 1. The minimum absolute atomic E-state index is 0.153. The number of nitrogens with one attached hydrogen (secondary N) is 1. The van der Waals surface area contributed by atoms with Crippen molar-refractivity contribution < 1.29 is 14.6 Å². The van der Waals surface area contributed by atoms with Crippen molar-refractivity contribution in [2.45, 2.75) is 24.9 Å². The fraction of sp³-hybridized carbons (Fsp3) is 0.900. The highest BCUT2D eigenvalue weighted by atomic mass is 16.5. The standard InChI is InChI=1S/C10H17NO3/c1-14-9(12)4-10(13)7-2-3-8(10)6-11-5-7/h7-8,11,13H,2-6H2,1H3. The van der Waals surface area contributed by atoms with Gasteiger partial charge in [-0.2, -0.15) is 0 Å². The number of carbonyl (C=O) groups excluding carboxylic acids is 1. The maximum absolute atomic E-state index is 11.2. The average molecular weight is 199 g/mol. The van der Waals surface area contributed by atoms with Crippen LogP contribution >= 0.6 is 0 Å². The van der Waals surface area contributed by atoms with E-state index >= 15 is 0 Å². The molecule has 2 rings (SSSR count). The Morgan fingerprint density at radius 1 is 1.50 bits per heavy atom. The van der Waals surface area contributed by atoms with Gasteiger partial charge >= 0.3 is 5.97 Å². The quantitative estimate of drug-likeness (QED) is 0.610. The van der Waals surface area contributed by atoms with Crippen LogP contribution in [0.15, 0.2) is 0 Å². The van der Waals surface area contributed by atoms with Gasteiger partial charge in [-0.05, 0) is 12.8 Å². The first-order chi connectivity index (χ1) is 6.66. The molecule has 2 unspecified atom stereocenters. The van der Waals surface area contributed by atoms with Gasteiger partial charge in [-0.25, -0.2) is 0 Å². The van der Waals surface area contributed by atoms with Crippen LogP contribution in [0.4, 0.5) is 0 Å². The second-order valence-corrected chi connectivity index (χ2v) is 4.37. The van der Waals surface area contributed by atoms with Crippen molar-refractivity contribution in [3.05, 3.63) is 0 Å². The molecule has 4 heteroatoms. The summed E-state index contributed by atoms with van der Waals surface area (Å²) in [6.45, 7) is 1.65. The van der Waals surface area contributed by atoms with Gasteiger partial charge in [-0.3, -0.25) is 4.79 Å². The van der Waals surface area contributed by atoms with Gasteiger partial charge in [0.25, 0.3) is 0 Å². The Bertz CT molecular complexity index is 226. The molecule has 0 aromatic heterocycles. The number of piperidine rings is 1. The Kier molecular flexibility index (Phi) is 2.49. The predicted octanol–water partition coefficient (Wildman–Crippen LogP) is -0.0900. The van der Waals surface area contributed by atoms with Gasteiger partial charge < -0.3 is 15.2 Å². The third-order valence-electron chi connectivity index (χ3n) is 3.71. The van der Waals surface area contributed by atoms with Crippen molar-refractivity contribution in [2.24, 2.45) is 11.8 Å². The number of ether oxygens (including phenoxy) is 1. The van der Waals surface area contributed by atoms with E-state index in [1.807, 2.05) is 0 Å². The fourth-order valence-electron chi connectivity index (χ4n) is 2.82. The molecular weight excluding hydrogens is 182 g/mol.